The SMILES string of the molecule is CN.CN=CN.OCCOc1ncc2c(c1F)-c1c(Cl)c(F)cc3c1[C@H](C2)C(c1ccccc1)C3. The summed E-state index contributed by atoms with van der Waals surface area (Å²) in [5.74, 6) is -1.16. The van der Waals surface area contributed by atoms with Crippen molar-refractivity contribution in [1.29, 1.82) is 0 Å². The maximum Gasteiger partial charge on any atom is 0.251 e. The molecular formula is C26H29ClF2N4O2. The number of ether oxygens (including phenoxy) is 1. The van der Waals surface area contributed by atoms with Crippen molar-refractivity contribution in [3.8, 4) is 17.0 Å². The molecule has 186 valence electrons. The fraction of sp³-hybridized carbons (Fsp3) is 0.308. The van der Waals surface area contributed by atoms with E-state index in [0.717, 1.165) is 11.1 Å². The normalized spacial score (nSPS) is 17.0. The van der Waals surface area contributed by atoms with Gasteiger partial charge < -0.3 is 21.3 Å². The number of pyridine rings is 1. The number of nitrogens with two attached hydrogens (primary N) is 2. The van der Waals surface area contributed by atoms with E-state index in [1.54, 1.807) is 13.2 Å². The molecule has 2 aliphatic carbocycles. The summed E-state index contributed by atoms with van der Waals surface area (Å²) >= 11 is 6.38. The summed E-state index contributed by atoms with van der Waals surface area (Å²) in [5, 5.41) is 8.90. The van der Waals surface area contributed by atoms with Gasteiger partial charge >= 0.3 is 0 Å². The van der Waals surface area contributed by atoms with Crippen molar-refractivity contribution in [2.24, 2.45) is 16.5 Å². The van der Waals surface area contributed by atoms with E-state index < -0.39 is 11.6 Å². The van der Waals surface area contributed by atoms with Crippen molar-refractivity contribution in [2.45, 2.75) is 24.7 Å². The molecule has 2 aromatic carbocycles. The second-order valence-corrected chi connectivity index (χ2v) is 8.29. The smallest absolute Gasteiger partial charge is 0.251 e. The number of nitrogens with zero attached hydrogens (tertiary/aromatic N) is 2. The van der Waals surface area contributed by atoms with Gasteiger partial charge in [0.2, 0.25) is 0 Å². The first-order chi connectivity index (χ1) is 17.0. The van der Waals surface area contributed by atoms with E-state index in [-0.39, 0.29) is 41.5 Å². The fourth-order valence-corrected chi connectivity index (χ4v) is 5.07. The Morgan fingerprint density at radius 3 is 2.43 bits per heavy atom. The van der Waals surface area contributed by atoms with E-state index in [2.05, 4.69) is 27.8 Å². The van der Waals surface area contributed by atoms with Crippen LogP contribution in [0.4, 0.5) is 8.78 Å². The zero-order valence-electron chi connectivity index (χ0n) is 19.6. The molecule has 0 radical (unpaired) electrons. The molecule has 1 aromatic heterocycles. The Hall–Kier alpha value is -3.07. The third kappa shape index (κ3) is 5.15. The van der Waals surface area contributed by atoms with Gasteiger partial charge in [-0.2, -0.15) is 0 Å². The molecule has 0 spiro atoms. The number of aliphatic hydroxyl groups is 1. The molecule has 0 amide bonds. The van der Waals surface area contributed by atoms with Crippen LogP contribution in [0.5, 0.6) is 5.88 Å². The lowest BCUT2D eigenvalue weighted by molar-refractivity contribution is 0.191. The number of hydrogen-bond donors (Lipinski definition) is 3. The quantitative estimate of drug-likeness (QED) is 0.366. The van der Waals surface area contributed by atoms with Crippen LogP contribution in [0.2, 0.25) is 5.02 Å². The number of aliphatic imine (C=N–C) groups is 1. The third-order valence-electron chi connectivity index (χ3n) is 6.10. The van der Waals surface area contributed by atoms with Gasteiger partial charge in [-0.3, -0.25) is 4.99 Å². The zero-order chi connectivity index (χ0) is 25.5. The number of benzene rings is 2. The summed E-state index contributed by atoms with van der Waals surface area (Å²) in [4.78, 5) is 7.48. The zero-order valence-corrected chi connectivity index (χ0v) is 20.4. The van der Waals surface area contributed by atoms with Crippen LogP contribution in [0.1, 0.15) is 34.1 Å². The van der Waals surface area contributed by atoms with Gasteiger partial charge in [0.15, 0.2) is 5.82 Å². The standard InChI is InChI=1S/C23H18ClF2NO2.C2H6N2.CH5N/c24-21-17(25)10-13-8-15(12-4-2-1-3-5-12)16-9-14-11-27-23(29-7-6-28)22(26)19(14)20(21)18(13)16;1-4-2-3;1-2/h1-5,10-11,15-16,28H,6-9H2;2H,1H3,(H2,3,4);2H2,1H3/t15?,16-;;/m1../s1. The van der Waals surface area contributed by atoms with Gasteiger partial charge in [0.25, 0.3) is 5.88 Å². The van der Waals surface area contributed by atoms with Crippen molar-refractivity contribution in [2.75, 3.05) is 27.3 Å². The molecule has 3 aromatic rings. The van der Waals surface area contributed by atoms with Crippen molar-refractivity contribution in [3.63, 3.8) is 0 Å². The van der Waals surface area contributed by atoms with Gasteiger partial charge in [-0.1, -0.05) is 41.9 Å². The molecule has 9 heteroatoms. The molecule has 0 saturated carbocycles. The van der Waals surface area contributed by atoms with Crippen molar-refractivity contribution in [1.82, 2.24) is 4.98 Å². The fourth-order valence-electron chi connectivity index (χ4n) is 4.81. The average Bonchev–Trinajstić information content (AvgIpc) is 3.26. The minimum Gasteiger partial charge on any atom is -0.473 e. The summed E-state index contributed by atoms with van der Waals surface area (Å²) in [6.07, 6.45) is 4.11. The van der Waals surface area contributed by atoms with Crippen LogP contribution in [-0.2, 0) is 12.8 Å². The van der Waals surface area contributed by atoms with Crippen LogP contribution in [0, 0.1) is 11.6 Å². The van der Waals surface area contributed by atoms with Crippen LogP contribution in [-0.4, -0.2) is 43.7 Å². The first-order valence-electron chi connectivity index (χ1n) is 11.2. The molecule has 6 nitrogen and oxygen atoms in total. The van der Waals surface area contributed by atoms with Crippen LogP contribution in [0.25, 0.3) is 11.1 Å². The average molecular weight is 503 g/mol. The highest BCUT2D eigenvalue weighted by Gasteiger charge is 2.42. The van der Waals surface area contributed by atoms with Gasteiger partial charge in [0.05, 0.1) is 18.0 Å². The number of aromatic nitrogens is 1. The molecule has 1 heterocycles. The van der Waals surface area contributed by atoms with Crippen LogP contribution < -0.4 is 16.2 Å². The number of halogens is 3. The summed E-state index contributed by atoms with van der Waals surface area (Å²) in [6.45, 7) is -0.328. The highest BCUT2D eigenvalue weighted by molar-refractivity contribution is 6.34. The van der Waals surface area contributed by atoms with Gasteiger partial charge in [0.1, 0.15) is 12.4 Å². The van der Waals surface area contributed by atoms with Gasteiger partial charge in [-0.05, 0) is 60.0 Å². The Balaban J connectivity index is 0.000000521. The van der Waals surface area contributed by atoms with E-state index in [1.807, 2.05) is 18.2 Å². The molecular weight excluding hydrogens is 474 g/mol. The molecule has 0 fully saturated rings. The Bertz CT molecular complexity index is 1190. The predicted molar refractivity (Wildman–Crippen MR) is 135 cm³/mol. The molecule has 1 unspecified atom stereocenters. The van der Waals surface area contributed by atoms with Gasteiger partial charge in [-0.25, -0.2) is 13.8 Å². The Morgan fingerprint density at radius 1 is 1.14 bits per heavy atom. The minimum atomic E-state index is -0.660. The second-order valence-electron chi connectivity index (χ2n) is 7.91. The summed E-state index contributed by atoms with van der Waals surface area (Å²) in [6, 6.07) is 11.6. The highest BCUT2D eigenvalue weighted by Crippen LogP contribution is 2.56. The monoisotopic (exact) mass is 502 g/mol. The Morgan fingerprint density at radius 2 is 1.80 bits per heavy atom. The lowest BCUT2D eigenvalue weighted by Crippen LogP contribution is -2.17. The van der Waals surface area contributed by atoms with E-state index >= 15 is 4.39 Å². The van der Waals surface area contributed by atoms with E-state index in [0.29, 0.717) is 24.0 Å². The highest BCUT2D eigenvalue weighted by atomic mass is 35.5. The maximum atomic E-state index is 15.3. The summed E-state index contributed by atoms with van der Waals surface area (Å²) in [7, 11) is 3.12. The molecule has 5 rings (SSSR count). The predicted octanol–water partition coefficient (Wildman–Crippen LogP) is 4.21. The lowest BCUT2D eigenvalue weighted by Gasteiger charge is -2.29. The summed E-state index contributed by atoms with van der Waals surface area (Å²) < 4.78 is 35.2. The molecule has 35 heavy (non-hydrogen) atoms. The Kier molecular flexibility index (Phi) is 9.14. The largest absolute Gasteiger partial charge is 0.473 e. The maximum absolute atomic E-state index is 15.3. The molecule has 0 saturated heterocycles. The molecule has 0 bridgehead atoms. The Labute approximate surface area is 208 Å². The second kappa shape index (κ2) is 12.1. The number of aliphatic hydroxyl groups excluding tert-OH is 1. The van der Waals surface area contributed by atoms with E-state index in [1.165, 1.54) is 25.0 Å². The number of hydrogen-bond acceptors (Lipinski definition) is 5. The third-order valence-corrected chi connectivity index (χ3v) is 6.47. The van der Waals surface area contributed by atoms with Crippen molar-refractivity contribution >= 4 is 17.9 Å². The van der Waals surface area contributed by atoms with Crippen LogP contribution >= 0.6 is 11.6 Å². The first kappa shape index (κ1) is 26.5. The molecule has 0 aliphatic heterocycles. The van der Waals surface area contributed by atoms with E-state index in [9.17, 15) is 4.39 Å². The summed E-state index contributed by atoms with van der Waals surface area (Å²) in [5.41, 5.74) is 13.6. The number of fused-ring (bicyclic) bond motifs is 2. The van der Waals surface area contributed by atoms with Crippen LogP contribution in [0.15, 0.2) is 47.6 Å². The van der Waals surface area contributed by atoms with Gasteiger partial charge in [-0.15, -0.1) is 0 Å². The molecule has 5 N–H and O–H groups in total. The lowest BCUT2D eigenvalue weighted by atomic mass is 9.75. The first-order valence-corrected chi connectivity index (χ1v) is 11.6. The van der Waals surface area contributed by atoms with Gasteiger partial charge in [0, 0.05) is 24.4 Å². The van der Waals surface area contributed by atoms with E-state index in [4.69, 9.17) is 27.2 Å². The topological polar surface area (TPSA) is 107 Å². The van der Waals surface area contributed by atoms with Crippen molar-refractivity contribution in [3.05, 3.63) is 81.5 Å². The molecule has 2 atom stereocenters. The van der Waals surface area contributed by atoms with Crippen molar-refractivity contribution < 1.29 is 18.6 Å². The number of rotatable bonds is 4. The van der Waals surface area contributed by atoms with Crippen LogP contribution in [0.3, 0.4) is 0 Å². The minimum absolute atomic E-state index is 0.0679. The molecule has 2 aliphatic rings.